The van der Waals surface area contributed by atoms with E-state index in [-0.39, 0.29) is 11.8 Å². The van der Waals surface area contributed by atoms with E-state index in [4.69, 9.17) is 28.9 Å². The Morgan fingerprint density at radius 1 is 1.41 bits per heavy atom. The van der Waals surface area contributed by atoms with Crippen LogP contribution in [0.4, 0.5) is 0 Å². The number of hydrogen-bond donors (Lipinski definition) is 1. The molecule has 0 aliphatic carbocycles. The highest BCUT2D eigenvalue weighted by Crippen LogP contribution is 2.23. The van der Waals surface area contributed by atoms with Crippen LogP contribution >= 0.6 is 23.2 Å². The van der Waals surface area contributed by atoms with Gasteiger partial charge in [0, 0.05) is 26.1 Å². The lowest BCUT2D eigenvalue weighted by atomic mass is 10.1. The first-order valence-electron chi connectivity index (χ1n) is 5.34. The number of nitrogens with zero attached hydrogens (tertiary/aromatic N) is 1. The Morgan fingerprint density at radius 2 is 2.06 bits per heavy atom. The van der Waals surface area contributed by atoms with Crippen LogP contribution in [-0.2, 0) is 11.3 Å². The third kappa shape index (κ3) is 3.87. The molecule has 1 amide bonds. The van der Waals surface area contributed by atoms with Gasteiger partial charge in [-0.25, -0.2) is 0 Å². The van der Waals surface area contributed by atoms with Gasteiger partial charge in [0.15, 0.2) is 0 Å². The zero-order valence-corrected chi connectivity index (χ0v) is 11.4. The monoisotopic (exact) mass is 274 g/mol. The van der Waals surface area contributed by atoms with Crippen molar-refractivity contribution in [3.05, 3.63) is 33.8 Å². The third-order valence-electron chi connectivity index (χ3n) is 2.56. The molecule has 0 aliphatic rings. The van der Waals surface area contributed by atoms with Crippen LogP contribution < -0.4 is 5.73 Å². The summed E-state index contributed by atoms with van der Waals surface area (Å²) in [5, 5.41) is 1.01. The molecule has 0 fully saturated rings. The fourth-order valence-electron chi connectivity index (χ4n) is 1.47. The molecule has 0 heterocycles. The van der Waals surface area contributed by atoms with E-state index in [1.165, 1.54) is 0 Å². The Kier molecular flexibility index (Phi) is 5.25. The van der Waals surface area contributed by atoms with Gasteiger partial charge in [-0.15, -0.1) is 0 Å². The van der Waals surface area contributed by atoms with Gasteiger partial charge in [-0.1, -0.05) is 36.2 Å². The van der Waals surface area contributed by atoms with Crippen molar-refractivity contribution in [1.29, 1.82) is 0 Å². The van der Waals surface area contributed by atoms with E-state index in [9.17, 15) is 4.79 Å². The average molecular weight is 275 g/mol. The largest absolute Gasteiger partial charge is 0.341 e. The van der Waals surface area contributed by atoms with Gasteiger partial charge in [0.2, 0.25) is 5.91 Å². The highest BCUT2D eigenvalue weighted by Gasteiger charge is 2.16. The topological polar surface area (TPSA) is 46.3 Å². The summed E-state index contributed by atoms with van der Waals surface area (Å²) in [4.78, 5) is 13.5. The molecule has 0 aliphatic heterocycles. The molecule has 17 heavy (non-hydrogen) atoms. The van der Waals surface area contributed by atoms with Gasteiger partial charge in [-0.3, -0.25) is 4.79 Å². The predicted octanol–water partition coefficient (Wildman–Crippen LogP) is 2.55. The normalized spacial score (nSPS) is 12.3. The number of amides is 1. The Bertz CT molecular complexity index is 409. The first-order chi connectivity index (χ1) is 7.95. The van der Waals surface area contributed by atoms with Gasteiger partial charge >= 0.3 is 0 Å². The van der Waals surface area contributed by atoms with E-state index in [1.807, 2.05) is 13.0 Å². The van der Waals surface area contributed by atoms with E-state index in [1.54, 1.807) is 24.1 Å². The van der Waals surface area contributed by atoms with Crippen molar-refractivity contribution in [3.63, 3.8) is 0 Å². The number of halogens is 2. The zero-order valence-electron chi connectivity index (χ0n) is 9.91. The van der Waals surface area contributed by atoms with Crippen LogP contribution in [0.25, 0.3) is 0 Å². The van der Waals surface area contributed by atoms with Crippen LogP contribution in [0.3, 0.4) is 0 Å². The summed E-state index contributed by atoms with van der Waals surface area (Å²) >= 11 is 11.7. The maximum absolute atomic E-state index is 11.8. The number of nitrogens with two attached hydrogens (primary N) is 1. The van der Waals surface area contributed by atoms with E-state index in [2.05, 4.69) is 0 Å². The number of carbonyl (C=O) groups is 1. The van der Waals surface area contributed by atoms with Crippen LogP contribution in [-0.4, -0.2) is 24.4 Å². The second-order valence-corrected chi connectivity index (χ2v) is 4.89. The van der Waals surface area contributed by atoms with Crippen LogP contribution in [0.5, 0.6) is 0 Å². The van der Waals surface area contributed by atoms with Crippen LogP contribution in [0.1, 0.15) is 12.5 Å². The van der Waals surface area contributed by atoms with Gasteiger partial charge < -0.3 is 10.6 Å². The number of carbonyl (C=O) groups excluding carboxylic acids is 1. The summed E-state index contributed by atoms with van der Waals surface area (Å²) in [6, 6.07) is 5.34. The van der Waals surface area contributed by atoms with E-state index in [0.29, 0.717) is 23.1 Å². The first kappa shape index (κ1) is 14.3. The van der Waals surface area contributed by atoms with E-state index >= 15 is 0 Å². The molecule has 2 N–H and O–H groups in total. The molecule has 0 bridgehead atoms. The number of hydrogen-bond acceptors (Lipinski definition) is 2. The van der Waals surface area contributed by atoms with Crippen molar-refractivity contribution < 1.29 is 4.79 Å². The number of benzene rings is 1. The Labute approximate surface area is 111 Å². The van der Waals surface area contributed by atoms with Crippen molar-refractivity contribution >= 4 is 29.1 Å². The fourth-order valence-corrected chi connectivity index (χ4v) is 1.79. The molecule has 3 nitrogen and oxygen atoms in total. The molecule has 1 atom stereocenters. The molecule has 0 radical (unpaired) electrons. The molecular formula is C12H16Cl2N2O. The maximum Gasteiger partial charge on any atom is 0.226 e. The van der Waals surface area contributed by atoms with Gasteiger partial charge in [0.1, 0.15) is 0 Å². The maximum atomic E-state index is 11.8. The lowest BCUT2D eigenvalue weighted by Crippen LogP contribution is -2.34. The Morgan fingerprint density at radius 3 is 2.59 bits per heavy atom. The summed E-state index contributed by atoms with van der Waals surface area (Å²) < 4.78 is 0. The van der Waals surface area contributed by atoms with Gasteiger partial charge in [0.25, 0.3) is 0 Å². The Balaban J connectivity index is 2.71. The van der Waals surface area contributed by atoms with Gasteiger partial charge in [0.05, 0.1) is 10.0 Å². The van der Waals surface area contributed by atoms with Crippen molar-refractivity contribution in [2.75, 3.05) is 13.6 Å². The fraction of sp³-hybridized carbons (Fsp3) is 0.417. The summed E-state index contributed by atoms with van der Waals surface area (Å²) in [6.45, 7) is 2.66. The number of rotatable bonds is 4. The minimum absolute atomic E-state index is 0.0265. The molecule has 1 rings (SSSR count). The van der Waals surface area contributed by atoms with Crippen LogP contribution in [0.2, 0.25) is 10.0 Å². The minimum atomic E-state index is -0.164. The molecule has 0 aromatic heterocycles. The van der Waals surface area contributed by atoms with Crippen LogP contribution in [0, 0.1) is 5.92 Å². The van der Waals surface area contributed by atoms with Crippen molar-refractivity contribution in [3.8, 4) is 0 Å². The standard InChI is InChI=1S/C12H16Cl2N2O/c1-8(6-15)12(17)16(2)7-9-3-4-10(13)11(14)5-9/h3-5,8H,6-7,15H2,1-2H3. The smallest absolute Gasteiger partial charge is 0.226 e. The quantitative estimate of drug-likeness (QED) is 0.917. The molecule has 0 saturated carbocycles. The highest BCUT2D eigenvalue weighted by atomic mass is 35.5. The summed E-state index contributed by atoms with van der Waals surface area (Å²) in [7, 11) is 1.75. The first-order valence-corrected chi connectivity index (χ1v) is 6.10. The third-order valence-corrected chi connectivity index (χ3v) is 3.29. The van der Waals surface area contributed by atoms with Gasteiger partial charge in [-0.05, 0) is 17.7 Å². The molecule has 1 aromatic carbocycles. The van der Waals surface area contributed by atoms with Gasteiger partial charge in [-0.2, -0.15) is 0 Å². The second-order valence-electron chi connectivity index (χ2n) is 4.08. The van der Waals surface area contributed by atoms with E-state index in [0.717, 1.165) is 5.56 Å². The van der Waals surface area contributed by atoms with Crippen molar-refractivity contribution in [2.24, 2.45) is 11.7 Å². The molecule has 1 unspecified atom stereocenters. The molecular weight excluding hydrogens is 259 g/mol. The SMILES string of the molecule is CC(CN)C(=O)N(C)Cc1ccc(Cl)c(Cl)c1. The lowest BCUT2D eigenvalue weighted by molar-refractivity contribution is -0.133. The molecule has 5 heteroatoms. The van der Waals surface area contributed by atoms with Crippen LogP contribution in [0.15, 0.2) is 18.2 Å². The summed E-state index contributed by atoms with van der Waals surface area (Å²) in [6.07, 6.45) is 0. The Hall–Kier alpha value is -0.770. The summed E-state index contributed by atoms with van der Waals surface area (Å²) in [5.74, 6) is -0.138. The van der Waals surface area contributed by atoms with E-state index < -0.39 is 0 Å². The lowest BCUT2D eigenvalue weighted by Gasteiger charge is -2.20. The van der Waals surface area contributed by atoms with Crippen molar-refractivity contribution in [1.82, 2.24) is 4.90 Å². The predicted molar refractivity (Wildman–Crippen MR) is 71.2 cm³/mol. The second kappa shape index (κ2) is 6.24. The molecule has 94 valence electrons. The zero-order chi connectivity index (χ0) is 13.0. The molecule has 0 spiro atoms. The minimum Gasteiger partial charge on any atom is -0.341 e. The summed E-state index contributed by atoms with van der Waals surface area (Å²) in [5.41, 5.74) is 6.41. The molecule has 1 aromatic rings. The van der Waals surface area contributed by atoms with Crippen molar-refractivity contribution in [2.45, 2.75) is 13.5 Å². The molecule has 0 saturated heterocycles. The average Bonchev–Trinajstić information content (AvgIpc) is 2.31. The highest BCUT2D eigenvalue weighted by molar-refractivity contribution is 6.42.